The molecule has 0 fully saturated rings. The average Bonchev–Trinajstić information content (AvgIpc) is 2.20. The number of rotatable bonds is 4. The van der Waals surface area contributed by atoms with E-state index in [2.05, 4.69) is 15.9 Å². The molecule has 0 saturated carbocycles. The summed E-state index contributed by atoms with van der Waals surface area (Å²) in [5.74, 6) is -0.940. The van der Waals surface area contributed by atoms with E-state index in [4.69, 9.17) is 10.8 Å². The van der Waals surface area contributed by atoms with Crippen molar-refractivity contribution in [2.24, 2.45) is 0 Å². The number of hydrogen-bond donors (Lipinski definition) is 2. The molecule has 3 N–H and O–H groups in total. The van der Waals surface area contributed by atoms with Crippen molar-refractivity contribution < 1.29 is 9.90 Å². The summed E-state index contributed by atoms with van der Waals surface area (Å²) in [4.78, 5) is 10.7. The smallest absolute Gasteiger partial charge is 0.335 e. The molecule has 0 aliphatic heterocycles. The second kappa shape index (κ2) is 5.56. The lowest BCUT2D eigenvalue weighted by Gasteiger charge is -2.01. The first-order chi connectivity index (χ1) is 7.15. The van der Waals surface area contributed by atoms with Crippen molar-refractivity contribution in [1.82, 2.24) is 0 Å². The maximum absolute atomic E-state index is 10.7. The van der Waals surface area contributed by atoms with E-state index in [-0.39, 0.29) is 5.56 Å². The molecule has 4 heteroatoms. The Morgan fingerprint density at radius 2 is 2.27 bits per heavy atom. The van der Waals surface area contributed by atoms with Crippen molar-refractivity contribution in [3.63, 3.8) is 0 Å². The quantitative estimate of drug-likeness (QED) is 0.653. The minimum absolute atomic E-state index is 0.252. The fourth-order valence-corrected chi connectivity index (χ4v) is 1.39. The van der Waals surface area contributed by atoms with Crippen LogP contribution in [0, 0.1) is 0 Å². The summed E-state index contributed by atoms with van der Waals surface area (Å²) in [6.45, 7) is 0. The number of nitrogen functional groups attached to an aromatic ring is 1. The van der Waals surface area contributed by atoms with Gasteiger partial charge in [-0.15, -0.1) is 0 Å². The zero-order valence-corrected chi connectivity index (χ0v) is 9.70. The van der Waals surface area contributed by atoms with Crippen molar-refractivity contribution in [3.8, 4) is 0 Å². The number of carboxylic acids is 1. The van der Waals surface area contributed by atoms with Gasteiger partial charge in [0.05, 0.1) is 5.56 Å². The van der Waals surface area contributed by atoms with Crippen LogP contribution in [-0.2, 0) is 0 Å². The lowest BCUT2D eigenvalue weighted by Crippen LogP contribution is -1.98. The summed E-state index contributed by atoms with van der Waals surface area (Å²) in [6.07, 6.45) is 4.67. The Bertz CT molecular complexity index is 388. The number of carbonyl (C=O) groups is 1. The van der Waals surface area contributed by atoms with Gasteiger partial charge in [-0.25, -0.2) is 4.79 Å². The predicted molar refractivity (Wildman–Crippen MR) is 65.3 cm³/mol. The Labute approximate surface area is 96.7 Å². The Morgan fingerprint density at radius 3 is 2.87 bits per heavy atom. The van der Waals surface area contributed by atoms with Crippen LogP contribution in [0.25, 0.3) is 6.08 Å². The van der Waals surface area contributed by atoms with E-state index in [9.17, 15) is 4.79 Å². The van der Waals surface area contributed by atoms with Crippen molar-refractivity contribution in [2.45, 2.75) is 6.42 Å². The van der Waals surface area contributed by atoms with E-state index in [1.54, 1.807) is 12.1 Å². The number of allylic oxidation sites excluding steroid dienone is 1. The molecule has 0 heterocycles. The maximum atomic E-state index is 10.7. The predicted octanol–water partition coefficient (Wildman–Crippen LogP) is 2.77. The van der Waals surface area contributed by atoms with Gasteiger partial charge in [0.25, 0.3) is 0 Å². The molecule has 0 aromatic heterocycles. The number of nitrogens with two attached hydrogens (primary N) is 1. The lowest BCUT2D eigenvalue weighted by molar-refractivity contribution is 0.0697. The van der Waals surface area contributed by atoms with Gasteiger partial charge in [0, 0.05) is 11.0 Å². The van der Waals surface area contributed by atoms with Crippen molar-refractivity contribution in [2.75, 3.05) is 11.1 Å². The molecular weight excluding hydrogens is 258 g/mol. The summed E-state index contributed by atoms with van der Waals surface area (Å²) in [7, 11) is 0. The second-order valence-corrected chi connectivity index (χ2v) is 3.82. The highest BCUT2D eigenvalue weighted by Crippen LogP contribution is 2.16. The number of halogens is 1. The van der Waals surface area contributed by atoms with E-state index >= 15 is 0 Å². The van der Waals surface area contributed by atoms with E-state index in [1.807, 2.05) is 12.2 Å². The first-order valence-corrected chi connectivity index (χ1v) is 5.62. The maximum Gasteiger partial charge on any atom is 0.335 e. The average molecular weight is 270 g/mol. The highest BCUT2D eigenvalue weighted by atomic mass is 79.9. The highest BCUT2D eigenvalue weighted by Gasteiger charge is 2.04. The molecular formula is C11H12BrNO2. The molecule has 0 spiro atoms. The Balaban J connectivity index is 2.95. The van der Waals surface area contributed by atoms with E-state index < -0.39 is 5.97 Å². The van der Waals surface area contributed by atoms with Gasteiger partial charge in [0.2, 0.25) is 0 Å². The third kappa shape index (κ3) is 3.40. The molecule has 0 amide bonds. The minimum Gasteiger partial charge on any atom is -0.478 e. The van der Waals surface area contributed by atoms with Crippen LogP contribution in [0.3, 0.4) is 0 Å². The second-order valence-electron chi connectivity index (χ2n) is 3.03. The van der Waals surface area contributed by atoms with Gasteiger partial charge in [0.1, 0.15) is 0 Å². The largest absolute Gasteiger partial charge is 0.478 e. The molecule has 3 nitrogen and oxygen atoms in total. The fraction of sp³-hybridized carbons (Fsp3) is 0.182. The molecule has 1 aromatic carbocycles. The van der Waals surface area contributed by atoms with E-state index in [1.165, 1.54) is 6.07 Å². The SMILES string of the molecule is Nc1ccc(C(=O)O)cc1C=CCCBr. The van der Waals surface area contributed by atoms with E-state index in [0.717, 1.165) is 17.3 Å². The standard InChI is InChI=1S/C11H12BrNO2/c12-6-2-1-3-8-7-9(11(14)15)4-5-10(8)13/h1,3-5,7H,2,6,13H2,(H,14,15). The summed E-state index contributed by atoms with van der Waals surface area (Å²) in [5.41, 5.74) is 7.30. The third-order valence-corrected chi connectivity index (χ3v) is 2.36. The first kappa shape index (κ1) is 11.8. The van der Waals surface area contributed by atoms with Gasteiger partial charge in [-0.3, -0.25) is 0 Å². The highest BCUT2D eigenvalue weighted by molar-refractivity contribution is 9.09. The van der Waals surface area contributed by atoms with Crippen LogP contribution in [0.15, 0.2) is 24.3 Å². The molecule has 0 bridgehead atoms. The van der Waals surface area contributed by atoms with Gasteiger partial charge in [-0.2, -0.15) is 0 Å². The van der Waals surface area contributed by atoms with Crippen LogP contribution in [0.5, 0.6) is 0 Å². The molecule has 0 aliphatic rings. The third-order valence-electron chi connectivity index (χ3n) is 1.91. The van der Waals surface area contributed by atoms with Crippen molar-refractivity contribution in [3.05, 3.63) is 35.4 Å². The summed E-state index contributed by atoms with van der Waals surface area (Å²) in [6, 6.07) is 4.68. The molecule has 0 aliphatic carbocycles. The summed E-state index contributed by atoms with van der Waals surface area (Å²) < 4.78 is 0. The monoisotopic (exact) mass is 269 g/mol. The Morgan fingerprint density at radius 1 is 1.53 bits per heavy atom. The summed E-state index contributed by atoms with van der Waals surface area (Å²) in [5, 5.41) is 9.68. The molecule has 0 radical (unpaired) electrons. The molecule has 0 saturated heterocycles. The Kier molecular flexibility index (Phi) is 4.37. The Hall–Kier alpha value is -1.29. The van der Waals surface area contributed by atoms with Gasteiger partial charge in [-0.05, 0) is 30.2 Å². The van der Waals surface area contributed by atoms with Gasteiger partial charge in [0.15, 0.2) is 0 Å². The van der Waals surface area contributed by atoms with Gasteiger partial charge >= 0.3 is 5.97 Å². The number of anilines is 1. The lowest BCUT2D eigenvalue weighted by atomic mass is 10.1. The zero-order valence-electron chi connectivity index (χ0n) is 8.11. The number of carboxylic acid groups (broad SMARTS) is 1. The molecule has 0 atom stereocenters. The zero-order chi connectivity index (χ0) is 11.3. The minimum atomic E-state index is -0.940. The van der Waals surface area contributed by atoms with E-state index in [0.29, 0.717) is 5.69 Å². The number of alkyl halides is 1. The van der Waals surface area contributed by atoms with Crippen LogP contribution < -0.4 is 5.73 Å². The van der Waals surface area contributed by atoms with Crippen LogP contribution in [0.1, 0.15) is 22.3 Å². The fourth-order valence-electron chi connectivity index (χ4n) is 1.13. The van der Waals surface area contributed by atoms with Crippen molar-refractivity contribution >= 4 is 33.7 Å². The molecule has 80 valence electrons. The normalized spacial score (nSPS) is 10.7. The number of benzene rings is 1. The van der Waals surface area contributed by atoms with Crippen LogP contribution in [0.4, 0.5) is 5.69 Å². The molecule has 1 rings (SSSR count). The first-order valence-electron chi connectivity index (χ1n) is 4.50. The van der Waals surface area contributed by atoms with Gasteiger partial charge in [-0.1, -0.05) is 28.1 Å². The topological polar surface area (TPSA) is 63.3 Å². The number of hydrogen-bond acceptors (Lipinski definition) is 2. The molecule has 0 unspecified atom stereocenters. The number of aromatic carboxylic acids is 1. The summed E-state index contributed by atoms with van der Waals surface area (Å²) >= 11 is 3.30. The van der Waals surface area contributed by atoms with Crippen LogP contribution >= 0.6 is 15.9 Å². The molecule has 15 heavy (non-hydrogen) atoms. The van der Waals surface area contributed by atoms with Crippen LogP contribution in [0.2, 0.25) is 0 Å². The van der Waals surface area contributed by atoms with Crippen LogP contribution in [-0.4, -0.2) is 16.4 Å². The van der Waals surface area contributed by atoms with Crippen molar-refractivity contribution in [1.29, 1.82) is 0 Å². The molecule has 1 aromatic rings. The van der Waals surface area contributed by atoms with Gasteiger partial charge < -0.3 is 10.8 Å².